The smallest absolute Gasteiger partial charge is 0.305 e. The third-order valence-electron chi connectivity index (χ3n) is 4.09. The molecule has 7 nitrogen and oxygen atoms in total. The van der Waals surface area contributed by atoms with E-state index in [1.165, 1.54) is 18.2 Å². The largest absolute Gasteiger partial charge is 0.481 e. The molecular formula is C16H13NO6. The van der Waals surface area contributed by atoms with Crippen LogP contribution in [0.15, 0.2) is 34.5 Å². The summed E-state index contributed by atoms with van der Waals surface area (Å²) in [5.41, 5.74) is 0.524. The van der Waals surface area contributed by atoms with Crippen LogP contribution in [0.3, 0.4) is 0 Å². The van der Waals surface area contributed by atoms with E-state index in [0.717, 1.165) is 0 Å². The zero-order valence-electron chi connectivity index (χ0n) is 12.2. The number of ether oxygens (including phenoxy) is 1. The fourth-order valence-electron chi connectivity index (χ4n) is 3.18. The second kappa shape index (κ2) is 5.51. The highest BCUT2D eigenvalue weighted by atomic mass is 16.5. The van der Waals surface area contributed by atoms with Crippen molar-refractivity contribution in [3.63, 3.8) is 0 Å². The van der Waals surface area contributed by atoms with Gasteiger partial charge in [0.1, 0.15) is 5.69 Å². The predicted molar refractivity (Wildman–Crippen MR) is 78.8 cm³/mol. The van der Waals surface area contributed by atoms with Crippen molar-refractivity contribution in [2.24, 2.45) is 5.18 Å². The summed E-state index contributed by atoms with van der Waals surface area (Å²) in [5, 5.41) is 11.7. The van der Waals surface area contributed by atoms with E-state index in [9.17, 15) is 19.3 Å². The van der Waals surface area contributed by atoms with Crippen LogP contribution in [0.25, 0.3) is 0 Å². The average molecular weight is 315 g/mol. The number of rotatable bonds is 3. The molecular weight excluding hydrogens is 302 g/mol. The van der Waals surface area contributed by atoms with Gasteiger partial charge in [0.25, 0.3) is 0 Å². The number of carboxylic acid groups (broad SMARTS) is 1. The molecule has 0 saturated heterocycles. The number of hydrogen-bond acceptors (Lipinski definition) is 6. The van der Waals surface area contributed by atoms with Crippen LogP contribution in [0.2, 0.25) is 0 Å². The van der Waals surface area contributed by atoms with Gasteiger partial charge in [-0.05, 0) is 18.2 Å². The molecule has 0 amide bonds. The van der Waals surface area contributed by atoms with Crippen LogP contribution >= 0.6 is 0 Å². The molecule has 0 spiro atoms. The Bertz CT molecular complexity index is 779. The van der Waals surface area contributed by atoms with Crippen molar-refractivity contribution in [1.29, 1.82) is 0 Å². The highest BCUT2D eigenvalue weighted by molar-refractivity contribution is 6.29. The minimum absolute atomic E-state index is 0.00150. The van der Waals surface area contributed by atoms with Crippen molar-refractivity contribution in [1.82, 2.24) is 0 Å². The van der Waals surface area contributed by atoms with Gasteiger partial charge in [-0.1, -0.05) is 12.1 Å². The molecule has 0 saturated carbocycles. The monoisotopic (exact) mass is 315 g/mol. The van der Waals surface area contributed by atoms with Crippen molar-refractivity contribution in [3.8, 4) is 0 Å². The number of carboxylic acids is 1. The van der Waals surface area contributed by atoms with Gasteiger partial charge in [0.2, 0.25) is 0 Å². The molecule has 2 atom stereocenters. The normalized spacial score (nSPS) is 23.3. The molecule has 1 aromatic carbocycles. The summed E-state index contributed by atoms with van der Waals surface area (Å²) in [6.45, 7) is 1.59. The minimum Gasteiger partial charge on any atom is -0.481 e. The van der Waals surface area contributed by atoms with Crippen LogP contribution in [0, 0.1) is 4.91 Å². The van der Waals surface area contributed by atoms with E-state index >= 15 is 0 Å². The summed E-state index contributed by atoms with van der Waals surface area (Å²) in [6, 6.07) is 4.34. The summed E-state index contributed by atoms with van der Waals surface area (Å²) in [7, 11) is 0. The van der Waals surface area contributed by atoms with E-state index < -0.39 is 24.0 Å². The molecule has 23 heavy (non-hydrogen) atoms. The molecule has 1 heterocycles. The second-order valence-corrected chi connectivity index (χ2v) is 5.54. The molecule has 2 unspecified atom stereocenters. The molecule has 0 aromatic heterocycles. The lowest BCUT2D eigenvalue weighted by molar-refractivity contribution is -0.141. The molecule has 7 heteroatoms. The molecule has 0 bridgehead atoms. The molecule has 2 aliphatic rings. The fourth-order valence-corrected chi connectivity index (χ4v) is 3.18. The third-order valence-corrected chi connectivity index (χ3v) is 4.09. The summed E-state index contributed by atoms with van der Waals surface area (Å²) in [5.74, 6) is -1.86. The van der Waals surface area contributed by atoms with Crippen molar-refractivity contribution in [3.05, 3.63) is 45.4 Å². The summed E-state index contributed by atoms with van der Waals surface area (Å²) < 4.78 is 5.55. The first-order valence-electron chi connectivity index (χ1n) is 7.10. The molecule has 0 fully saturated rings. The van der Waals surface area contributed by atoms with Crippen LogP contribution in [-0.4, -0.2) is 34.9 Å². The van der Waals surface area contributed by atoms with Gasteiger partial charge in [-0.2, -0.15) is 0 Å². The van der Waals surface area contributed by atoms with E-state index in [0.29, 0.717) is 0 Å². The van der Waals surface area contributed by atoms with E-state index in [-0.39, 0.29) is 46.6 Å². The third kappa shape index (κ3) is 2.39. The van der Waals surface area contributed by atoms with Crippen LogP contribution in [0.1, 0.15) is 40.5 Å². The van der Waals surface area contributed by atoms with Gasteiger partial charge in [-0.3, -0.25) is 14.4 Å². The van der Waals surface area contributed by atoms with Crippen molar-refractivity contribution in [2.45, 2.75) is 32.0 Å². The lowest BCUT2D eigenvalue weighted by atomic mass is 9.78. The Morgan fingerprint density at radius 3 is 2.74 bits per heavy atom. The maximum atomic E-state index is 12.7. The maximum absolute atomic E-state index is 12.7. The molecule has 0 radical (unpaired) electrons. The molecule has 1 aliphatic carbocycles. The number of aliphatic carboxylic acids is 1. The first kappa shape index (κ1) is 15.2. The lowest BCUT2D eigenvalue weighted by Gasteiger charge is -2.33. The van der Waals surface area contributed by atoms with Crippen LogP contribution in [0.5, 0.6) is 0 Å². The topological polar surface area (TPSA) is 110 Å². The van der Waals surface area contributed by atoms with E-state index in [2.05, 4.69) is 5.18 Å². The molecule has 3 rings (SSSR count). The standard InChI is InChI=1S/C16H13NO6/c1-7-13-10(5-8(23-7)6-12(18)19)15(20)9-3-2-4-11(17-22)14(9)16(13)21/h2-4,7-8H,5-6H2,1H3,(H,18,19). The predicted octanol–water partition coefficient (Wildman–Crippen LogP) is 2.41. The van der Waals surface area contributed by atoms with Crippen LogP contribution in [0.4, 0.5) is 5.69 Å². The van der Waals surface area contributed by atoms with Gasteiger partial charge in [-0.25, -0.2) is 0 Å². The maximum Gasteiger partial charge on any atom is 0.305 e. The molecule has 1 aliphatic heterocycles. The number of hydrogen-bond donors (Lipinski definition) is 1. The van der Waals surface area contributed by atoms with Crippen molar-refractivity contribution in [2.75, 3.05) is 0 Å². The van der Waals surface area contributed by atoms with Gasteiger partial charge in [0.15, 0.2) is 11.6 Å². The number of Topliss-reactive ketones (excluding diaryl/α,β-unsaturated/α-hetero) is 2. The molecule has 118 valence electrons. The summed E-state index contributed by atoms with van der Waals surface area (Å²) in [4.78, 5) is 47.2. The average Bonchev–Trinajstić information content (AvgIpc) is 2.50. The highest BCUT2D eigenvalue weighted by Gasteiger charge is 2.41. The number of fused-ring (bicyclic) bond motifs is 1. The lowest BCUT2D eigenvalue weighted by Crippen LogP contribution is -2.38. The Kier molecular flexibility index (Phi) is 3.65. The number of benzene rings is 1. The zero-order valence-corrected chi connectivity index (χ0v) is 12.2. The number of nitrogens with zero attached hydrogens (tertiary/aromatic N) is 1. The van der Waals surface area contributed by atoms with Gasteiger partial charge in [0.05, 0.1) is 24.2 Å². The number of ketones is 2. The Labute approximate surface area is 130 Å². The summed E-state index contributed by atoms with van der Waals surface area (Å²) >= 11 is 0. The SMILES string of the molecule is CC1OC(CC(=O)O)CC2=C1C(=O)c1c(N=O)cccc1C2=O. The van der Waals surface area contributed by atoms with Crippen molar-refractivity contribution >= 4 is 23.2 Å². The van der Waals surface area contributed by atoms with Gasteiger partial charge < -0.3 is 9.84 Å². The first-order valence-corrected chi connectivity index (χ1v) is 7.10. The van der Waals surface area contributed by atoms with Gasteiger partial charge >= 0.3 is 5.97 Å². The Hall–Kier alpha value is -2.67. The minimum atomic E-state index is -1.03. The Morgan fingerprint density at radius 1 is 1.35 bits per heavy atom. The zero-order chi connectivity index (χ0) is 16.7. The Morgan fingerprint density at radius 2 is 2.09 bits per heavy atom. The number of carbonyl (C=O) groups is 3. The number of nitroso groups, excluding NO2 is 1. The van der Waals surface area contributed by atoms with E-state index in [1.807, 2.05) is 0 Å². The first-order chi connectivity index (χ1) is 10.9. The second-order valence-electron chi connectivity index (χ2n) is 5.54. The fraction of sp³-hybridized carbons (Fsp3) is 0.312. The van der Waals surface area contributed by atoms with Gasteiger partial charge in [0, 0.05) is 23.1 Å². The van der Waals surface area contributed by atoms with Gasteiger partial charge in [-0.15, -0.1) is 4.91 Å². The highest BCUT2D eigenvalue weighted by Crippen LogP contribution is 2.39. The molecule has 1 N–H and O–H groups in total. The van der Waals surface area contributed by atoms with E-state index in [1.54, 1.807) is 6.92 Å². The number of carbonyl (C=O) groups excluding carboxylic acids is 2. The Balaban J connectivity index is 2.10. The molecule has 1 aromatic rings. The quantitative estimate of drug-likeness (QED) is 0.858. The van der Waals surface area contributed by atoms with Crippen molar-refractivity contribution < 1.29 is 24.2 Å². The summed E-state index contributed by atoms with van der Waals surface area (Å²) in [6.07, 6.45) is -1.56. The van der Waals surface area contributed by atoms with Crippen LogP contribution < -0.4 is 0 Å². The van der Waals surface area contributed by atoms with E-state index in [4.69, 9.17) is 9.84 Å². The van der Waals surface area contributed by atoms with Crippen LogP contribution in [-0.2, 0) is 9.53 Å².